The lowest BCUT2D eigenvalue weighted by Gasteiger charge is -2.20. The summed E-state index contributed by atoms with van der Waals surface area (Å²) in [6.45, 7) is 2.17. The van der Waals surface area contributed by atoms with Crippen LogP contribution in [0.5, 0.6) is 0 Å². The van der Waals surface area contributed by atoms with E-state index in [4.69, 9.17) is 0 Å². The van der Waals surface area contributed by atoms with Crippen molar-refractivity contribution in [3.8, 4) is 11.1 Å². The summed E-state index contributed by atoms with van der Waals surface area (Å²) in [5, 5.41) is 10.6. The van der Waals surface area contributed by atoms with Gasteiger partial charge in [-0.2, -0.15) is 0 Å². The Hall–Kier alpha value is -2.95. The van der Waals surface area contributed by atoms with E-state index in [2.05, 4.69) is 28.0 Å². The van der Waals surface area contributed by atoms with E-state index in [-0.39, 0.29) is 11.3 Å². The molecule has 1 unspecified atom stereocenters. The Balaban J connectivity index is 1.64. The maximum Gasteiger partial charge on any atom is 0.137 e. The van der Waals surface area contributed by atoms with E-state index in [9.17, 15) is 5.11 Å². The van der Waals surface area contributed by atoms with Crippen LogP contribution in [-0.2, 0) is 6.42 Å². The SMILES string of the molecule is CCC1C=Nc2cc(-c3cc(F)c(C(O)=C4CCC4)c4[nH]cnc34)ccc2C1. The van der Waals surface area contributed by atoms with Gasteiger partial charge in [0.15, 0.2) is 0 Å². The number of imidazole rings is 1. The highest BCUT2D eigenvalue weighted by molar-refractivity contribution is 5.98. The highest BCUT2D eigenvalue weighted by atomic mass is 19.1. The van der Waals surface area contributed by atoms with E-state index < -0.39 is 5.82 Å². The van der Waals surface area contributed by atoms with Crippen LogP contribution in [0.25, 0.3) is 27.9 Å². The summed E-state index contributed by atoms with van der Waals surface area (Å²) in [4.78, 5) is 12.1. The molecule has 4 nitrogen and oxygen atoms in total. The van der Waals surface area contributed by atoms with Crippen LogP contribution in [0, 0.1) is 11.7 Å². The number of fused-ring (bicyclic) bond motifs is 2. The van der Waals surface area contributed by atoms with Gasteiger partial charge in [-0.1, -0.05) is 19.1 Å². The smallest absolute Gasteiger partial charge is 0.137 e. The molecule has 0 bridgehead atoms. The average molecular weight is 375 g/mol. The number of aliphatic hydroxyl groups excluding tert-OH is 1. The average Bonchev–Trinajstić information content (AvgIpc) is 3.14. The quantitative estimate of drug-likeness (QED) is 0.543. The van der Waals surface area contributed by atoms with Gasteiger partial charge in [0.05, 0.1) is 28.6 Å². The number of hydrogen-bond acceptors (Lipinski definition) is 3. The van der Waals surface area contributed by atoms with E-state index in [1.165, 1.54) is 11.6 Å². The van der Waals surface area contributed by atoms with Gasteiger partial charge in [0.2, 0.25) is 0 Å². The van der Waals surface area contributed by atoms with Crippen molar-refractivity contribution in [2.45, 2.75) is 39.0 Å². The summed E-state index contributed by atoms with van der Waals surface area (Å²) in [7, 11) is 0. The van der Waals surface area contributed by atoms with Crippen LogP contribution in [0.1, 0.15) is 43.7 Å². The first-order valence-corrected chi connectivity index (χ1v) is 9.90. The minimum absolute atomic E-state index is 0.0604. The fourth-order valence-corrected chi connectivity index (χ4v) is 4.09. The van der Waals surface area contributed by atoms with E-state index in [1.54, 1.807) is 6.33 Å². The summed E-state index contributed by atoms with van der Waals surface area (Å²) in [5.74, 6) is 0.108. The first-order chi connectivity index (χ1) is 13.7. The molecule has 142 valence electrons. The van der Waals surface area contributed by atoms with Crippen LogP contribution in [0.4, 0.5) is 10.1 Å². The number of aliphatic hydroxyl groups is 1. The molecule has 5 rings (SSSR count). The molecule has 1 aliphatic carbocycles. The maximum atomic E-state index is 15.1. The summed E-state index contributed by atoms with van der Waals surface area (Å²) in [6.07, 6.45) is 8.32. The normalized spacial score (nSPS) is 18.2. The van der Waals surface area contributed by atoms with Crippen LogP contribution < -0.4 is 0 Å². The van der Waals surface area contributed by atoms with Gasteiger partial charge in [0, 0.05) is 11.8 Å². The largest absolute Gasteiger partial charge is 0.507 e. The zero-order chi connectivity index (χ0) is 19.3. The molecule has 2 aromatic carbocycles. The number of aliphatic imine (C=N–C) groups is 1. The van der Waals surface area contributed by atoms with Gasteiger partial charge in [-0.15, -0.1) is 0 Å². The number of rotatable bonds is 3. The van der Waals surface area contributed by atoms with Crippen molar-refractivity contribution in [2.75, 3.05) is 0 Å². The number of allylic oxidation sites excluding steroid dienone is 1. The van der Waals surface area contributed by atoms with Crippen molar-refractivity contribution in [3.05, 3.63) is 53.1 Å². The number of halogens is 1. The minimum atomic E-state index is -0.434. The van der Waals surface area contributed by atoms with Gasteiger partial charge in [0.1, 0.15) is 11.6 Å². The monoisotopic (exact) mass is 375 g/mol. The van der Waals surface area contributed by atoms with E-state index in [0.29, 0.717) is 22.5 Å². The van der Waals surface area contributed by atoms with Crippen molar-refractivity contribution in [2.24, 2.45) is 10.9 Å². The molecule has 0 spiro atoms. The molecule has 2 N–H and O–H groups in total. The minimum Gasteiger partial charge on any atom is -0.507 e. The molecule has 1 fully saturated rings. The fraction of sp³-hybridized carbons (Fsp3) is 0.304. The molecule has 5 heteroatoms. The second-order valence-corrected chi connectivity index (χ2v) is 7.71. The van der Waals surface area contributed by atoms with Gasteiger partial charge in [-0.3, -0.25) is 4.99 Å². The summed E-state index contributed by atoms with van der Waals surface area (Å²) in [6, 6.07) is 7.59. The number of aromatic amines is 1. The Morgan fingerprint density at radius 1 is 1.29 bits per heavy atom. The van der Waals surface area contributed by atoms with Crippen LogP contribution >= 0.6 is 0 Å². The van der Waals surface area contributed by atoms with Gasteiger partial charge < -0.3 is 10.1 Å². The lowest BCUT2D eigenvalue weighted by Crippen LogP contribution is -2.08. The van der Waals surface area contributed by atoms with E-state index in [0.717, 1.165) is 48.9 Å². The molecule has 1 atom stereocenters. The first-order valence-electron chi connectivity index (χ1n) is 9.90. The Morgan fingerprint density at radius 3 is 2.89 bits per heavy atom. The number of nitrogens with one attached hydrogen (secondary N) is 1. The zero-order valence-corrected chi connectivity index (χ0v) is 15.8. The number of H-pyrrole nitrogens is 1. The first kappa shape index (κ1) is 17.2. The molecular formula is C23H22FN3O. The topological polar surface area (TPSA) is 61.3 Å². The highest BCUT2D eigenvalue weighted by Gasteiger charge is 2.23. The van der Waals surface area contributed by atoms with Crippen molar-refractivity contribution in [1.82, 2.24) is 9.97 Å². The predicted octanol–water partition coefficient (Wildman–Crippen LogP) is 6.11. The zero-order valence-electron chi connectivity index (χ0n) is 15.8. The third-order valence-corrected chi connectivity index (χ3v) is 6.01. The fourth-order valence-electron chi connectivity index (χ4n) is 4.09. The standard InChI is InChI=1S/C23H22FN3O/c1-2-13-8-16-7-6-15(9-19(16)25-11-13)17-10-18(24)20(22-21(17)26-12-27-22)23(28)14-4-3-5-14/h6-7,9-13,28H,2-5,8H2,1H3,(H,26,27). The molecule has 1 aromatic heterocycles. The van der Waals surface area contributed by atoms with Crippen LogP contribution in [0.15, 0.2) is 41.2 Å². The van der Waals surface area contributed by atoms with Crippen LogP contribution in [0.2, 0.25) is 0 Å². The highest BCUT2D eigenvalue weighted by Crippen LogP contribution is 2.39. The molecule has 1 saturated carbocycles. The second-order valence-electron chi connectivity index (χ2n) is 7.71. The lowest BCUT2D eigenvalue weighted by atomic mass is 9.88. The molecule has 0 saturated heterocycles. The molecule has 1 aliphatic heterocycles. The second kappa shape index (κ2) is 6.59. The molecule has 2 aliphatic rings. The summed E-state index contributed by atoms with van der Waals surface area (Å²) in [5.41, 5.74) is 6.09. The summed E-state index contributed by atoms with van der Waals surface area (Å²) < 4.78 is 15.1. The number of nitrogens with zero attached hydrogens (tertiary/aromatic N) is 2. The van der Waals surface area contributed by atoms with Crippen LogP contribution in [-0.4, -0.2) is 21.3 Å². The lowest BCUT2D eigenvalue weighted by molar-refractivity contribution is 0.479. The third kappa shape index (κ3) is 2.65. The Labute approximate surface area is 162 Å². The Kier molecular flexibility index (Phi) is 4.04. The van der Waals surface area contributed by atoms with Crippen LogP contribution in [0.3, 0.4) is 0 Å². The van der Waals surface area contributed by atoms with Gasteiger partial charge in [0.25, 0.3) is 0 Å². The Morgan fingerprint density at radius 2 is 2.14 bits per heavy atom. The molecule has 0 amide bonds. The third-order valence-electron chi connectivity index (χ3n) is 6.01. The van der Waals surface area contributed by atoms with Crippen molar-refractivity contribution >= 4 is 28.7 Å². The van der Waals surface area contributed by atoms with Crippen molar-refractivity contribution in [3.63, 3.8) is 0 Å². The number of benzene rings is 2. The van der Waals surface area contributed by atoms with Gasteiger partial charge in [-0.05, 0) is 66.9 Å². The molecule has 0 radical (unpaired) electrons. The summed E-state index contributed by atoms with van der Waals surface area (Å²) >= 11 is 0. The molecule has 3 aromatic rings. The van der Waals surface area contributed by atoms with Crippen molar-refractivity contribution < 1.29 is 9.50 Å². The molecule has 2 heterocycles. The van der Waals surface area contributed by atoms with E-state index in [1.807, 2.05) is 18.3 Å². The Bertz CT molecular complexity index is 1140. The van der Waals surface area contributed by atoms with E-state index >= 15 is 4.39 Å². The van der Waals surface area contributed by atoms with Gasteiger partial charge in [-0.25, -0.2) is 9.37 Å². The van der Waals surface area contributed by atoms with Gasteiger partial charge >= 0.3 is 0 Å². The number of aromatic nitrogens is 2. The number of hydrogen-bond donors (Lipinski definition) is 2. The molecular weight excluding hydrogens is 353 g/mol. The van der Waals surface area contributed by atoms with Crippen molar-refractivity contribution in [1.29, 1.82) is 0 Å². The predicted molar refractivity (Wildman–Crippen MR) is 111 cm³/mol. The molecule has 28 heavy (non-hydrogen) atoms. The maximum absolute atomic E-state index is 15.1.